The van der Waals surface area contributed by atoms with Crippen LogP contribution in [0.25, 0.3) is 0 Å². The van der Waals surface area contributed by atoms with Gasteiger partial charge in [-0.3, -0.25) is 10.1 Å². The van der Waals surface area contributed by atoms with Crippen LogP contribution in [-0.4, -0.2) is 19.6 Å². The van der Waals surface area contributed by atoms with Crippen molar-refractivity contribution in [3.8, 4) is 11.5 Å². The number of ether oxygens (including phenoxy) is 1. The third kappa shape index (κ3) is 4.62. The van der Waals surface area contributed by atoms with Gasteiger partial charge in [0.05, 0.1) is 9.82 Å². The van der Waals surface area contributed by atoms with Crippen molar-refractivity contribution in [1.82, 2.24) is 0 Å². The number of para-hydroxylation sites is 1. The largest absolute Gasteiger partial charge is 0.450 e. The molecule has 0 spiro atoms. The third-order valence-corrected chi connectivity index (χ3v) is 4.81. The topological polar surface area (TPSA) is 98.5 Å². The van der Waals surface area contributed by atoms with Crippen LogP contribution in [0.5, 0.6) is 11.5 Å². The van der Waals surface area contributed by atoms with Gasteiger partial charge in [-0.05, 0) is 48.5 Å². The van der Waals surface area contributed by atoms with E-state index in [-0.39, 0.29) is 10.6 Å². The smallest absolute Gasteiger partial charge is 0.312 e. The second-order valence-corrected chi connectivity index (χ2v) is 7.79. The van der Waals surface area contributed by atoms with E-state index in [0.717, 1.165) is 23.7 Å². The fourth-order valence-corrected chi connectivity index (χ4v) is 3.02. The lowest BCUT2D eigenvalue weighted by Crippen LogP contribution is -2.00. The van der Waals surface area contributed by atoms with Crippen molar-refractivity contribution >= 4 is 26.9 Å². The van der Waals surface area contributed by atoms with Gasteiger partial charge in [-0.2, -0.15) is 0 Å². The number of nitro benzene ring substituents is 1. The molecule has 0 aromatic heterocycles. The van der Waals surface area contributed by atoms with Gasteiger partial charge >= 0.3 is 5.69 Å². The van der Waals surface area contributed by atoms with Gasteiger partial charge in [-0.15, -0.1) is 0 Å². The van der Waals surface area contributed by atoms with Crippen LogP contribution in [0.15, 0.2) is 77.7 Å². The summed E-state index contributed by atoms with van der Waals surface area (Å²) in [6, 6.07) is 20.1. The molecule has 0 fully saturated rings. The zero-order valence-electron chi connectivity index (χ0n) is 14.3. The average Bonchev–Trinajstić information content (AvgIpc) is 2.63. The van der Waals surface area contributed by atoms with Crippen LogP contribution in [0, 0.1) is 10.1 Å². The number of nitrogens with zero attached hydrogens (tertiary/aromatic N) is 1. The van der Waals surface area contributed by atoms with E-state index in [2.05, 4.69) is 5.32 Å². The van der Waals surface area contributed by atoms with Gasteiger partial charge in [0, 0.05) is 23.7 Å². The Labute approximate surface area is 156 Å². The predicted molar refractivity (Wildman–Crippen MR) is 102 cm³/mol. The first-order valence-electron chi connectivity index (χ1n) is 7.91. The summed E-state index contributed by atoms with van der Waals surface area (Å²) >= 11 is 0. The van der Waals surface area contributed by atoms with Crippen LogP contribution in [-0.2, 0) is 9.84 Å². The van der Waals surface area contributed by atoms with E-state index in [1.54, 1.807) is 24.3 Å². The Hall–Kier alpha value is -3.39. The number of benzene rings is 3. The van der Waals surface area contributed by atoms with Gasteiger partial charge in [-0.1, -0.05) is 18.2 Å². The summed E-state index contributed by atoms with van der Waals surface area (Å²) in [4.78, 5) is 10.5. The number of sulfone groups is 1. The zero-order chi connectivity index (χ0) is 19.4. The molecule has 3 aromatic carbocycles. The molecule has 7 nitrogen and oxygen atoms in total. The van der Waals surface area contributed by atoms with Gasteiger partial charge in [0.25, 0.3) is 0 Å². The highest BCUT2D eigenvalue weighted by atomic mass is 32.2. The first-order chi connectivity index (χ1) is 12.8. The molecule has 0 aliphatic heterocycles. The molecule has 27 heavy (non-hydrogen) atoms. The number of rotatable bonds is 6. The van der Waals surface area contributed by atoms with Gasteiger partial charge < -0.3 is 10.1 Å². The second-order valence-electron chi connectivity index (χ2n) is 5.78. The number of hydrogen-bond donors (Lipinski definition) is 1. The Morgan fingerprint density at radius 3 is 2.15 bits per heavy atom. The summed E-state index contributed by atoms with van der Waals surface area (Å²) in [5.74, 6) is 0.361. The van der Waals surface area contributed by atoms with Crippen molar-refractivity contribution in [2.24, 2.45) is 0 Å². The van der Waals surface area contributed by atoms with Gasteiger partial charge in [-0.25, -0.2) is 8.42 Å². The molecule has 0 saturated carbocycles. The Morgan fingerprint density at radius 1 is 0.926 bits per heavy atom. The number of nitrogens with one attached hydrogen (secondary N) is 1. The van der Waals surface area contributed by atoms with Crippen molar-refractivity contribution in [2.45, 2.75) is 4.90 Å². The van der Waals surface area contributed by atoms with Gasteiger partial charge in [0.2, 0.25) is 5.75 Å². The normalized spacial score (nSPS) is 11.0. The summed E-state index contributed by atoms with van der Waals surface area (Å²) < 4.78 is 28.8. The fraction of sp³-hybridized carbons (Fsp3) is 0.0526. The van der Waals surface area contributed by atoms with Crippen LogP contribution in [0.1, 0.15) is 0 Å². The standard InChI is InChI=1S/C19H16N2O5S/c1-27(24,25)17-11-12-19(18(13-17)21(22)23)26-16-9-7-15(8-10-16)20-14-5-3-2-4-6-14/h2-13,20H,1H3. The summed E-state index contributed by atoms with van der Waals surface area (Å²) in [5.41, 5.74) is 1.35. The highest BCUT2D eigenvalue weighted by Crippen LogP contribution is 2.34. The van der Waals surface area contributed by atoms with Crippen LogP contribution in [0.3, 0.4) is 0 Å². The Balaban J connectivity index is 1.81. The quantitative estimate of drug-likeness (QED) is 0.495. The van der Waals surface area contributed by atoms with Crippen molar-refractivity contribution < 1.29 is 18.1 Å². The van der Waals surface area contributed by atoms with E-state index in [4.69, 9.17) is 4.74 Å². The zero-order valence-corrected chi connectivity index (χ0v) is 15.1. The van der Waals surface area contributed by atoms with E-state index in [1.807, 2.05) is 30.3 Å². The molecule has 0 heterocycles. The van der Waals surface area contributed by atoms with E-state index in [1.165, 1.54) is 12.1 Å². The molecular formula is C19H16N2O5S. The summed E-state index contributed by atoms with van der Waals surface area (Å²) in [5, 5.41) is 14.5. The van der Waals surface area contributed by atoms with Crippen LogP contribution >= 0.6 is 0 Å². The highest BCUT2D eigenvalue weighted by molar-refractivity contribution is 7.90. The molecule has 0 radical (unpaired) electrons. The second kappa shape index (κ2) is 7.46. The van der Waals surface area contributed by atoms with Crippen molar-refractivity contribution in [3.05, 3.63) is 82.9 Å². The van der Waals surface area contributed by atoms with Crippen molar-refractivity contribution in [3.63, 3.8) is 0 Å². The molecule has 0 atom stereocenters. The predicted octanol–water partition coefficient (Wildman–Crippen LogP) is 4.53. The average molecular weight is 384 g/mol. The molecule has 0 aliphatic carbocycles. The summed E-state index contributed by atoms with van der Waals surface area (Å²) in [7, 11) is -3.55. The number of nitro groups is 1. The number of anilines is 2. The molecule has 0 saturated heterocycles. The Kier molecular flexibility index (Phi) is 5.09. The number of hydrogen-bond acceptors (Lipinski definition) is 6. The van der Waals surface area contributed by atoms with E-state index in [9.17, 15) is 18.5 Å². The third-order valence-electron chi connectivity index (χ3n) is 3.70. The molecule has 8 heteroatoms. The molecule has 138 valence electrons. The molecule has 3 rings (SSSR count). The minimum atomic E-state index is -3.55. The molecule has 1 N–H and O–H groups in total. The summed E-state index contributed by atoms with van der Waals surface area (Å²) in [6.45, 7) is 0. The Morgan fingerprint density at radius 2 is 1.56 bits per heavy atom. The molecule has 0 unspecified atom stereocenters. The maximum absolute atomic E-state index is 11.6. The maximum atomic E-state index is 11.6. The van der Waals surface area contributed by atoms with Crippen LogP contribution < -0.4 is 10.1 Å². The molecular weight excluding hydrogens is 368 g/mol. The van der Waals surface area contributed by atoms with Gasteiger partial charge in [0.15, 0.2) is 9.84 Å². The highest BCUT2D eigenvalue weighted by Gasteiger charge is 2.20. The van der Waals surface area contributed by atoms with Gasteiger partial charge in [0.1, 0.15) is 5.75 Å². The van der Waals surface area contributed by atoms with Crippen LogP contribution in [0.4, 0.5) is 17.1 Å². The molecule has 0 aliphatic rings. The maximum Gasteiger partial charge on any atom is 0.312 e. The summed E-state index contributed by atoms with van der Waals surface area (Å²) in [6.07, 6.45) is 0.991. The first-order valence-corrected chi connectivity index (χ1v) is 9.80. The van der Waals surface area contributed by atoms with Crippen LogP contribution in [0.2, 0.25) is 0 Å². The van der Waals surface area contributed by atoms with E-state index >= 15 is 0 Å². The molecule has 0 bridgehead atoms. The molecule has 0 amide bonds. The lowest BCUT2D eigenvalue weighted by molar-refractivity contribution is -0.385. The minimum Gasteiger partial charge on any atom is -0.450 e. The Bertz CT molecular complexity index is 1070. The minimum absolute atomic E-state index is 0.0313. The SMILES string of the molecule is CS(=O)(=O)c1ccc(Oc2ccc(Nc3ccccc3)cc2)c([N+](=O)[O-])c1. The fourth-order valence-electron chi connectivity index (χ4n) is 2.38. The van der Waals surface area contributed by atoms with E-state index in [0.29, 0.717) is 5.75 Å². The van der Waals surface area contributed by atoms with Crippen molar-refractivity contribution in [2.75, 3.05) is 11.6 Å². The monoisotopic (exact) mass is 384 g/mol. The lowest BCUT2D eigenvalue weighted by atomic mass is 10.2. The van der Waals surface area contributed by atoms with E-state index < -0.39 is 20.4 Å². The molecule has 3 aromatic rings. The van der Waals surface area contributed by atoms with Crippen molar-refractivity contribution in [1.29, 1.82) is 0 Å². The lowest BCUT2D eigenvalue weighted by Gasteiger charge is -2.09. The first kappa shape index (κ1) is 18.4.